The van der Waals surface area contributed by atoms with E-state index in [1.54, 1.807) is 17.0 Å². The van der Waals surface area contributed by atoms with Crippen LogP contribution in [0.5, 0.6) is 5.88 Å². The highest BCUT2D eigenvalue weighted by atomic mass is 16.5. The molecule has 11 nitrogen and oxygen atoms in total. The number of rotatable bonds is 6. The molecule has 4 heterocycles. The molecule has 3 aliphatic heterocycles. The number of hydrogen-bond acceptors (Lipinski definition) is 8. The number of fused-ring (bicyclic) bond motifs is 3. The number of hydrogen-bond donors (Lipinski definition) is 3. The first-order chi connectivity index (χ1) is 17.8. The standard InChI is InChI=1S/C26H34N6O5/c1-4-31-15-26(2,3)37-22-20(23(31)34)21(16-5-7-17(8-6-16)28-25(35)27-11-12-33)29-24(30-22)32-13-18-9-10-19(14-32)36-18/h5-8,18-19,33H,4,9-15H2,1-3H3,(H2,27,28,35). The van der Waals surface area contributed by atoms with Crippen molar-refractivity contribution in [1.82, 2.24) is 20.2 Å². The number of aromatic nitrogens is 2. The summed E-state index contributed by atoms with van der Waals surface area (Å²) in [6.07, 6.45) is 2.35. The molecule has 3 aliphatic rings. The highest BCUT2D eigenvalue weighted by Gasteiger charge is 2.39. The van der Waals surface area contributed by atoms with Crippen LogP contribution in [-0.4, -0.2) is 89.1 Å². The van der Waals surface area contributed by atoms with Crippen molar-refractivity contribution < 1.29 is 24.2 Å². The van der Waals surface area contributed by atoms with Crippen molar-refractivity contribution in [3.05, 3.63) is 29.8 Å². The summed E-state index contributed by atoms with van der Waals surface area (Å²) in [5.74, 6) is 0.640. The van der Waals surface area contributed by atoms with Gasteiger partial charge in [-0.05, 0) is 45.7 Å². The predicted molar refractivity (Wildman–Crippen MR) is 138 cm³/mol. The molecule has 2 aromatic rings. The minimum atomic E-state index is -0.625. The number of carbonyl (C=O) groups excluding carboxylic acids is 2. The Bertz CT molecular complexity index is 1160. The highest BCUT2D eigenvalue weighted by molar-refractivity contribution is 6.03. The van der Waals surface area contributed by atoms with Crippen LogP contribution in [-0.2, 0) is 4.74 Å². The van der Waals surface area contributed by atoms with Gasteiger partial charge in [0, 0.05) is 37.4 Å². The molecule has 0 radical (unpaired) electrons. The molecular formula is C26H34N6O5. The molecule has 0 saturated carbocycles. The number of amides is 3. The van der Waals surface area contributed by atoms with Crippen molar-refractivity contribution in [1.29, 1.82) is 0 Å². The second kappa shape index (κ2) is 10.1. The minimum absolute atomic E-state index is 0.139. The molecule has 2 bridgehead atoms. The number of carbonyl (C=O) groups is 2. The molecular weight excluding hydrogens is 476 g/mol. The largest absolute Gasteiger partial charge is 0.469 e. The number of benzene rings is 1. The van der Waals surface area contributed by atoms with E-state index in [9.17, 15) is 9.59 Å². The lowest BCUT2D eigenvalue weighted by Gasteiger charge is -2.33. The van der Waals surface area contributed by atoms with Gasteiger partial charge in [-0.3, -0.25) is 4.79 Å². The molecule has 2 atom stereocenters. The van der Waals surface area contributed by atoms with Gasteiger partial charge in [-0.2, -0.15) is 4.98 Å². The summed E-state index contributed by atoms with van der Waals surface area (Å²) in [6.45, 7) is 8.23. The summed E-state index contributed by atoms with van der Waals surface area (Å²) in [6, 6.07) is 6.72. The van der Waals surface area contributed by atoms with Crippen molar-refractivity contribution in [3.8, 4) is 17.1 Å². The molecule has 0 spiro atoms. The quantitative estimate of drug-likeness (QED) is 0.540. The second-order valence-electron chi connectivity index (χ2n) is 10.3. The van der Waals surface area contributed by atoms with E-state index in [0.29, 0.717) is 54.6 Å². The maximum Gasteiger partial charge on any atom is 0.319 e. The number of likely N-dealkylation sites (N-methyl/N-ethyl adjacent to an activating group) is 1. The molecule has 11 heteroatoms. The topological polar surface area (TPSA) is 129 Å². The summed E-state index contributed by atoms with van der Waals surface area (Å²) in [5.41, 5.74) is 1.50. The van der Waals surface area contributed by atoms with E-state index in [2.05, 4.69) is 15.5 Å². The lowest BCUT2D eigenvalue weighted by molar-refractivity contribution is 0.0297. The number of ether oxygens (including phenoxy) is 2. The number of anilines is 2. The van der Waals surface area contributed by atoms with Crippen LogP contribution in [0.3, 0.4) is 0 Å². The molecule has 1 aromatic carbocycles. The molecule has 3 N–H and O–H groups in total. The molecule has 37 heavy (non-hydrogen) atoms. The fourth-order valence-electron chi connectivity index (χ4n) is 5.12. The van der Waals surface area contributed by atoms with Gasteiger partial charge in [0.2, 0.25) is 11.8 Å². The minimum Gasteiger partial charge on any atom is -0.469 e. The van der Waals surface area contributed by atoms with Gasteiger partial charge < -0.3 is 35.0 Å². The second-order valence-corrected chi connectivity index (χ2v) is 10.3. The Kier molecular flexibility index (Phi) is 6.91. The average molecular weight is 511 g/mol. The predicted octanol–water partition coefficient (Wildman–Crippen LogP) is 2.26. The normalized spacial score (nSPS) is 22.2. The van der Waals surface area contributed by atoms with E-state index in [1.807, 2.05) is 32.9 Å². The molecule has 1 aromatic heterocycles. The van der Waals surface area contributed by atoms with Gasteiger partial charge in [-0.15, -0.1) is 0 Å². The molecule has 2 fully saturated rings. The summed E-state index contributed by atoms with van der Waals surface area (Å²) >= 11 is 0. The number of urea groups is 1. The van der Waals surface area contributed by atoms with Crippen LogP contribution in [0.4, 0.5) is 16.4 Å². The van der Waals surface area contributed by atoms with Gasteiger partial charge in [0.25, 0.3) is 5.91 Å². The van der Waals surface area contributed by atoms with Gasteiger partial charge in [0.05, 0.1) is 31.1 Å². The van der Waals surface area contributed by atoms with E-state index in [4.69, 9.17) is 24.5 Å². The molecule has 5 rings (SSSR count). The monoisotopic (exact) mass is 510 g/mol. The van der Waals surface area contributed by atoms with Crippen molar-refractivity contribution in [3.63, 3.8) is 0 Å². The molecule has 0 aliphatic carbocycles. The van der Waals surface area contributed by atoms with Gasteiger partial charge in [0.1, 0.15) is 11.2 Å². The maximum absolute atomic E-state index is 13.7. The van der Waals surface area contributed by atoms with Crippen LogP contribution in [0.2, 0.25) is 0 Å². The lowest BCUT2D eigenvalue weighted by atomic mass is 10.0. The van der Waals surface area contributed by atoms with Crippen molar-refractivity contribution in [2.75, 3.05) is 49.5 Å². The fourth-order valence-corrected chi connectivity index (χ4v) is 5.12. The first kappa shape index (κ1) is 25.2. The summed E-state index contributed by atoms with van der Waals surface area (Å²) < 4.78 is 12.4. The van der Waals surface area contributed by atoms with E-state index < -0.39 is 11.6 Å². The van der Waals surface area contributed by atoms with Crippen LogP contribution in [0.1, 0.15) is 44.0 Å². The van der Waals surface area contributed by atoms with Gasteiger partial charge >= 0.3 is 6.03 Å². The van der Waals surface area contributed by atoms with Crippen molar-refractivity contribution >= 4 is 23.6 Å². The van der Waals surface area contributed by atoms with E-state index in [0.717, 1.165) is 12.8 Å². The van der Waals surface area contributed by atoms with Crippen LogP contribution in [0.25, 0.3) is 11.3 Å². The summed E-state index contributed by atoms with van der Waals surface area (Å²) in [5, 5.41) is 14.2. The molecule has 2 saturated heterocycles. The third kappa shape index (κ3) is 5.33. The van der Waals surface area contributed by atoms with E-state index in [-0.39, 0.29) is 37.1 Å². The number of aliphatic hydroxyl groups is 1. The van der Waals surface area contributed by atoms with Crippen LogP contribution in [0, 0.1) is 0 Å². The Labute approximate surface area is 216 Å². The Morgan fingerprint density at radius 3 is 2.51 bits per heavy atom. The van der Waals surface area contributed by atoms with E-state index in [1.165, 1.54) is 0 Å². The average Bonchev–Trinajstić information content (AvgIpc) is 3.17. The van der Waals surface area contributed by atoms with Crippen molar-refractivity contribution in [2.24, 2.45) is 0 Å². The number of nitrogens with zero attached hydrogens (tertiary/aromatic N) is 4. The van der Waals surface area contributed by atoms with Crippen LogP contribution >= 0.6 is 0 Å². The highest BCUT2D eigenvalue weighted by Crippen LogP contribution is 2.37. The van der Waals surface area contributed by atoms with E-state index >= 15 is 0 Å². The third-order valence-electron chi connectivity index (χ3n) is 6.83. The lowest BCUT2D eigenvalue weighted by Crippen LogP contribution is -2.43. The van der Waals surface area contributed by atoms with Gasteiger partial charge in [-0.1, -0.05) is 12.1 Å². The number of morpholine rings is 1. The summed E-state index contributed by atoms with van der Waals surface area (Å²) in [7, 11) is 0. The van der Waals surface area contributed by atoms with Crippen molar-refractivity contribution in [2.45, 2.75) is 51.4 Å². The fraction of sp³-hybridized carbons (Fsp3) is 0.538. The third-order valence-corrected chi connectivity index (χ3v) is 6.83. The van der Waals surface area contributed by atoms with Gasteiger partial charge in [0.15, 0.2) is 0 Å². The van der Waals surface area contributed by atoms with Gasteiger partial charge in [-0.25, -0.2) is 9.78 Å². The Morgan fingerprint density at radius 2 is 1.86 bits per heavy atom. The number of aliphatic hydroxyl groups excluding tert-OH is 1. The zero-order valence-corrected chi connectivity index (χ0v) is 21.5. The maximum atomic E-state index is 13.7. The van der Waals surface area contributed by atoms with Crippen LogP contribution < -0.4 is 20.3 Å². The Morgan fingerprint density at radius 1 is 1.16 bits per heavy atom. The smallest absolute Gasteiger partial charge is 0.319 e. The summed E-state index contributed by atoms with van der Waals surface area (Å²) in [4.78, 5) is 39.3. The molecule has 198 valence electrons. The zero-order chi connectivity index (χ0) is 26.2. The molecule has 3 amide bonds. The first-order valence-corrected chi connectivity index (χ1v) is 12.8. The Hall–Kier alpha value is -3.44. The van der Waals surface area contributed by atoms with Crippen LogP contribution in [0.15, 0.2) is 24.3 Å². The first-order valence-electron chi connectivity index (χ1n) is 12.8. The SMILES string of the molecule is CCN1CC(C)(C)Oc2nc(N3CC4CCC(C3)O4)nc(-c3ccc(NC(=O)NCCO)cc3)c2C1=O. The zero-order valence-electron chi connectivity index (χ0n) is 21.5. The molecule has 2 unspecified atom stereocenters. The Balaban J connectivity index is 1.55. The number of nitrogens with one attached hydrogen (secondary N) is 2.